The zero-order valence-electron chi connectivity index (χ0n) is 11.2. The standard InChI is InChI=1S/C14H17ClN2O2/c1-14(2,3)19-13(18)17-12(8-9-16)10-4-6-11(15)7-5-10/h4-7,12H,8H2,1-3H3,(H,17,18). The molecule has 5 heteroatoms. The van der Waals surface area contributed by atoms with Crippen LogP contribution in [0.2, 0.25) is 5.02 Å². The van der Waals surface area contributed by atoms with Gasteiger partial charge in [-0.05, 0) is 38.5 Å². The SMILES string of the molecule is CC(C)(C)OC(=O)NC(CC#N)c1ccc(Cl)cc1. The van der Waals surface area contributed by atoms with E-state index in [1.165, 1.54) is 0 Å². The summed E-state index contributed by atoms with van der Waals surface area (Å²) in [6.45, 7) is 5.36. The Balaban J connectivity index is 2.76. The second kappa shape index (κ2) is 6.44. The summed E-state index contributed by atoms with van der Waals surface area (Å²) in [5.41, 5.74) is 0.248. The van der Waals surface area contributed by atoms with Crippen molar-refractivity contribution in [2.24, 2.45) is 0 Å². The highest BCUT2D eigenvalue weighted by Gasteiger charge is 2.20. The minimum atomic E-state index is -0.568. The van der Waals surface area contributed by atoms with E-state index in [2.05, 4.69) is 5.32 Å². The van der Waals surface area contributed by atoms with E-state index in [9.17, 15) is 4.79 Å². The molecular weight excluding hydrogens is 264 g/mol. The van der Waals surface area contributed by atoms with Crippen molar-refractivity contribution in [2.45, 2.75) is 38.8 Å². The van der Waals surface area contributed by atoms with E-state index in [0.29, 0.717) is 5.02 Å². The van der Waals surface area contributed by atoms with Crippen LogP contribution >= 0.6 is 11.6 Å². The van der Waals surface area contributed by atoms with Crippen molar-refractivity contribution in [3.63, 3.8) is 0 Å². The average molecular weight is 281 g/mol. The van der Waals surface area contributed by atoms with Gasteiger partial charge in [0, 0.05) is 5.02 Å². The molecular formula is C14H17ClN2O2. The van der Waals surface area contributed by atoms with Gasteiger partial charge in [0.2, 0.25) is 0 Å². The predicted molar refractivity (Wildman–Crippen MR) is 73.8 cm³/mol. The van der Waals surface area contributed by atoms with Gasteiger partial charge in [-0.1, -0.05) is 23.7 Å². The van der Waals surface area contributed by atoms with Crippen molar-refractivity contribution in [2.75, 3.05) is 0 Å². The first kappa shape index (κ1) is 15.3. The molecule has 0 heterocycles. The molecule has 1 amide bonds. The lowest BCUT2D eigenvalue weighted by atomic mass is 10.0. The maximum absolute atomic E-state index is 11.7. The Hall–Kier alpha value is -1.73. The number of amides is 1. The number of nitrogens with one attached hydrogen (secondary N) is 1. The second-order valence-electron chi connectivity index (χ2n) is 5.11. The molecule has 0 aliphatic rings. The van der Waals surface area contributed by atoms with Crippen LogP contribution in [0.5, 0.6) is 0 Å². The molecule has 0 aliphatic heterocycles. The molecule has 0 bridgehead atoms. The Morgan fingerprint density at radius 2 is 2.00 bits per heavy atom. The number of nitrogens with zero attached hydrogens (tertiary/aromatic N) is 1. The van der Waals surface area contributed by atoms with Gasteiger partial charge in [0.15, 0.2) is 0 Å². The molecule has 0 aromatic heterocycles. The molecule has 0 spiro atoms. The fourth-order valence-corrected chi connectivity index (χ4v) is 1.61. The lowest BCUT2D eigenvalue weighted by Crippen LogP contribution is -2.34. The Kier molecular flexibility index (Phi) is 5.20. The van der Waals surface area contributed by atoms with Gasteiger partial charge >= 0.3 is 6.09 Å². The molecule has 1 rings (SSSR count). The van der Waals surface area contributed by atoms with Crippen molar-refractivity contribution in [3.05, 3.63) is 34.9 Å². The molecule has 1 unspecified atom stereocenters. The number of halogens is 1. The minimum Gasteiger partial charge on any atom is -0.444 e. The highest BCUT2D eigenvalue weighted by molar-refractivity contribution is 6.30. The third-order valence-corrected chi connectivity index (χ3v) is 2.51. The number of carbonyl (C=O) groups is 1. The van der Waals surface area contributed by atoms with Gasteiger partial charge in [0.25, 0.3) is 0 Å². The Bertz CT molecular complexity index is 472. The summed E-state index contributed by atoms with van der Waals surface area (Å²) >= 11 is 5.81. The Morgan fingerprint density at radius 3 is 2.47 bits per heavy atom. The highest BCUT2D eigenvalue weighted by Crippen LogP contribution is 2.20. The maximum atomic E-state index is 11.7. The van der Waals surface area contributed by atoms with E-state index in [1.54, 1.807) is 45.0 Å². The van der Waals surface area contributed by atoms with E-state index in [1.807, 2.05) is 6.07 Å². The van der Waals surface area contributed by atoms with Gasteiger partial charge in [0.1, 0.15) is 5.60 Å². The summed E-state index contributed by atoms with van der Waals surface area (Å²) in [6, 6.07) is 8.64. The first-order chi connectivity index (χ1) is 8.81. The van der Waals surface area contributed by atoms with E-state index < -0.39 is 17.7 Å². The molecule has 0 radical (unpaired) electrons. The number of ether oxygens (including phenoxy) is 1. The highest BCUT2D eigenvalue weighted by atomic mass is 35.5. The lowest BCUT2D eigenvalue weighted by molar-refractivity contribution is 0.0504. The smallest absolute Gasteiger partial charge is 0.408 e. The predicted octanol–water partition coefficient (Wildman–Crippen LogP) is 3.82. The van der Waals surface area contributed by atoms with Gasteiger partial charge < -0.3 is 10.1 Å². The van der Waals surface area contributed by atoms with Gasteiger partial charge in [-0.2, -0.15) is 5.26 Å². The largest absolute Gasteiger partial charge is 0.444 e. The average Bonchev–Trinajstić information content (AvgIpc) is 2.27. The summed E-state index contributed by atoms with van der Waals surface area (Å²) in [5.74, 6) is 0. The number of alkyl carbamates (subject to hydrolysis) is 1. The number of carbonyl (C=O) groups excluding carboxylic acids is 1. The van der Waals surface area contributed by atoms with Crippen molar-refractivity contribution in [1.82, 2.24) is 5.32 Å². The van der Waals surface area contributed by atoms with Gasteiger partial charge in [0.05, 0.1) is 18.5 Å². The van der Waals surface area contributed by atoms with Crippen LogP contribution in [0.1, 0.15) is 38.8 Å². The molecule has 4 nitrogen and oxygen atoms in total. The number of hydrogen-bond acceptors (Lipinski definition) is 3. The second-order valence-corrected chi connectivity index (χ2v) is 5.55. The molecule has 1 aromatic carbocycles. The molecule has 102 valence electrons. The lowest BCUT2D eigenvalue weighted by Gasteiger charge is -2.22. The van der Waals surface area contributed by atoms with Crippen LogP contribution in [0, 0.1) is 11.3 Å². The van der Waals surface area contributed by atoms with E-state index in [-0.39, 0.29) is 6.42 Å². The van der Waals surface area contributed by atoms with E-state index >= 15 is 0 Å². The maximum Gasteiger partial charge on any atom is 0.408 e. The molecule has 0 fully saturated rings. The molecule has 1 aromatic rings. The number of rotatable bonds is 3. The van der Waals surface area contributed by atoms with Crippen LogP contribution in [0.15, 0.2) is 24.3 Å². The number of nitriles is 1. The summed E-state index contributed by atoms with van der Waals surface area (Å²) in [5, 5.41) is 12.1. The van der Waals surface area contributed by atoms with Crippen molar-refractivity contribution < 1.29 is 9.53 Å². The number of benzene rings is 1. The summed E-state index contributed by atoms with van der Waals surface area (Å²) in [6.07, 6.45) is -0.372. The van der Waals surface area contributed by atoms with Gasteiger partial charge in [-0.15, -0.1) is 0 Å². The van der Waals surface area contributed by atoms with Crippen molar-refractivity contribution >= 4 is 17.7 Å². The van der Waals surface area contributed by atoms with Crippen LogP contribution < -0.4 is 5.32 Å². The molecule has 0 aliphatic carbocycles. The van der Waals surface area contributed by atoms with Crippen molar-refractivity contribution in [3.8, 4) is 6.07 Å². The normalized spacial score (nSPS) is 12.4. The topological polar surface area (TPSA) is 62.1 Å². The minimum absolute atomic E-state index is 0.168. The Labute approximate surface area is 118 Å². The summed E-state index contributed by atoms with van der Waals surface area (Å²) in [7, 11) is 0. The first-order valence-corrected chi connectivity index (χ1v) is 6.31. The fraction of sp³-hybridized carbons (Fsp3) is 0.429. The van der Waals surface area contributed by atoms with Crippen LogP contribution in [0.25, 0.3) is 0 Å². The van der Waals surface area contributed by atoms with Gasteiger partial charge in [-0.3, -0.25) is 0 Å². The monoisotopic (exact) mass is 280 g/mol. The molecule has 0 saturated heterocycles. The summed E-state index contributed by atoms with van der Waals surface area (Å²) < 4.78 is 5.17. The quantitative estimate of drug-likeness (QED) is 0.915. The van der Waals surface area contributed by atoms with Crippen LogP contribution in [0.4, 0.5) is 4.79 Å². The first-order valence-electron chi connectivity index (χ1n) is 5.94. The Morgan fingerprint density at radius 1 is 1.42 bits per heavy atom. The third kappa shape index (κ3) is 5.62. The zero-order chi connectivity index (χ0) is 14.5. The number of hydrogen-bond donors (Lipinski definition) is 1. The third-order valence-electron chi connectivity index (χ3n) is 2.26. The zero-order valence-corrected chi connectivity index (χ0v) is 12.0. The summed E-state index contributed by atoms with van der Waals surface area (Å²) in [4.78, 5) is 11.7. The molecule has 1 N–H and O–H groups in total. The van der Waals surface area contributed by atoms with Gasteiger partial charge in [-0.25, -0.2) is 4.79 Å². The van der Waals surface area contributed by atoms with Crippen LogP contribution in [-0.4, -0.2) is 11.7 Å². The fourth-order valence-electron chi connectivity index (χ4n) is 1.49. The van der Waals surface area contributed by atoms with Crippen LogP contribution in [0.3, 0.4) is 0 Å². The van der Waals surface area contributed by atoms with Crippen molar-refractivity contribution in [1.29, 1.82) is 5.26 Å². The molecule has 0 saturated carbocycles. The van der Waals surface area contributed by atoms with Crippen LogP contribution in [-0.2, 0) is 4.74 Å². The van der Waals surface area contributed by atoms with E-state index in [0.717, 1.165) is 5.56 Å². The molecule has 19 heavy (non-hydrogen) atoms. The van der Waals surface area contributed by atoms with E-state index in [4.69, 9.17) is 21.6 Å². The molecule has 1 atom stereocenters.